The molecule has 16 heavy (non-hydrogen) atoms. The molecule has 2 N–H and O–H groups in total. The van der Waals surface area contributed by atoms with Gasteiger partial charge in [-0.05, 0) is 6.08 Å². The Balaban J connectivity index is 2.28. The minimum absolute atomic E-state index is 0.125. The van der Waals surface area contributed by atoms with Gasteiger partial charge < -0.3 is 14.2 Å². The molecule has 2 aliphatic rings. The van der Waals surface area contributed by atoms with Gasteiger partial charge >= 0.3 is 16.4 Å². The molecule has 0 saturated carbocycles. The van der Waals surface area contributed by atoms with Gasteiger partial charge in [-0.2, -0.15) is 8.42 Å². The van der Waals surface area contributed by atoms with Gasteiger partial charge in [-0.3, -0.25) is 9.45 Å². The minimum atomic E-state index is -4.62. The number of ether oxygens (including phenoxy) is 1. The Morgan fingerprint density at radius 3 is 2.88 bits per heavy atom. The first-order valence-corrected chi connectivity index (χ1v) is 5.76. The van der Waals surface area contributed by atoms with Crippen molar-refractivity contribution in [3.05, 3.63) is 11.8 Å². The van der Waals surface area contributed by atoms with E-state index >= 15 is 0 Å². The normalized spacial score (nSPS) is 28.8. The van der Waals surface area contributed by atoms with Gasteiger partial charge in [0.15, 0.2) is 12.0 Å². The van der Waals surface area contributed by atoms with Crippen molar-refractivity contribution >= 4 is 16.4 Å². The van der Waals surface area contributed by atoms with Crippen LogP contribution in [0.4, 0.5) is 4.79 Å². The lowest BCUT2D eigenvalue weighted by molar-refractivity contribution is -0.00111. The first-order chi connectivity index (χ1) is 7.40. The molecule has 90 valence electrons. The van der Waals surface area contributed by atoms with Crippen molar-refractivity contribution in [1.29, 1.82) is 0 Å². The largest absolute Gasteiger partial charge is 0.446 e. The molecular weight excluding hydrogens is 240 g/mol. The van der Waals surface area contributed by atoms with E-state index in [0.717, 1.165) is 0 Å². The molecule has 0 aromatic carbocycles. The highest BCUT2D eigenvalue weighted by molar-refractivity contribution is 7.81. The van der Waals surface area contributed by atoms with E-state index in [9.17, 15) is 13.2 Å². The molecule has 2 unspecified atom stereocenters. The van der Waals surface area contributed by atoms with Crippen molar-refractivity contribution in [3.8, 4) is 0 Å². The summed E-state index contributed by atoms with van der Waals surface area (Å²) in [6.45, 7) is 0.371. The van der Waals surface area contributed by atoms with E-state index < -0.39 is 16.6 Å². The van der Waals surface area contributed by atoms with Gasteiger partial charge in [0.05, 0.1) is 6.04 Å². The van der Waals surface area contributed by atoms with Crippen molar-refractivity contribution in [2.24, 2.45) is 0 Å². The topological polar surface area (TPSA) is 105 Å². The lowest BCUT2D eigenvalue weighted by Crippen LogP contribution is -2.42. The lowest BCUT2D eigenvalue weighted by atomic mass is 10.2. The summed E-state index contributed by atoms with van der Waals surface area (Å²) >= 11 is 0. The Morgan fingerprint density at radius 2 is 2.31 bits per heavy atom. The second-order valence-electron chi connectivity index (χ2n) is 3.38. The van der Waals surface area contributed by atoms with Gasteiger partial charge in [0.2, 0.25) is 0 Å². The van der Waals surface area contributed by atoms with E-state index in [4.69, 9.17) is 9.29 Å². The SMILES string of the molecule is COC1C(OS(=O)(=O)O)=CC2CN1C(=O)N2. The van der Waals surface area contributed by atoms with Gasteiger partial charge in [0.1, 0.15) is 0 Å². The summed E-state index contributed by atoms with van der Waals surface area (Å²) in [6.07, 6.45) is 0.448. The number of hydrogen-bond donors (Lipinski definition) is 2. The number of amides is 2. The highest BCUT2D eigenvalue weighted by Gasteiger charge is 2.41. The fourth-order valence-corrected chi connectivity index (χ4v) is 2.13. The monoisotopic (exact) mass is 250 g/mol. The molecule has 9 heteroatoms. The maximum Gasteiger partial charge on any atom is 0.446 e. The Morgan fingerprint density at radius 1 is 1.62 bits per heavy atom. The molecule has 0 aromatic rings. The van der Waals surface area contributed by atoms with E-state index in [1.165, 1.54) is 18.1 Å². The summed E-state index contributed by atoms with van der Waals surface area (Å²) < 4.78 is 39.0. The molecule has 0 spiro atoms. The smallest absolute Gasteiger partial charge is 0.362 e. The predicted octanol–water partition coefficient (Wildman–Crippen LogP) is -0.930. The van der Waals surface area contributed by atoms with Crippen LogP contribution in [0.25, 0.3) is 0 Å². The molecule has 0 radical (unpaired) electrons. The van der Waals surface area contributed by atoms with Crippen LogP contribution in [0.15, 0.2) is 11.8 Å². The number of nitrogens with one attached hydrogen (secondary N) is 1. The highest BCUT2D eigenvalue weighted by atomic mass is 32.3. The number of urea groups is 1. The van der Waals surface area contributed by atoms with Crippen LogP contribution in [0, 0.1) is 0 Å². The third-order valence-electron chi connectivity index (χ3n) is 2.28. The fraction of sp³-hybridized carbons (Fsp3) is 0.571. The summed E-state index contributed by atoms with van der Waals surface area (Å²) in [7, 11) is -3.31. The van der Waals surface area contributed by atoms with E-state index in [2.05, 4.69) is 9.50 Å². The summed E-state index contributed by atoms with van der Waals surface area (Å²) in [4.78, 5) is 12.6. The molecular formula is C7H10N2O6S. The summed E-state index contributed by atoms with van der Waals surface area (Å²) in [5.41, 5.74) is 0. The van der Waals surface area contributed by atoms with Gasteiger partial charge in [-0.25, -0.2) is 4.79 Å². The maximum absolute atomic E-state index is 11.4. The number of carbonyl (C=O) groups is 1. The summed E-state index contributed by atoms with van der Waals surface area (Å²) in [6, 6.07) is -0.710. The Kier molecular flexibility index (Phi) is 2.52. The minimum Gasteiger partial charge on any atom is -0.362 e. The molecule has 2 heterocycles. The van der Waals surface area contributed by atoms with Crippen molar-refractivity contribution < 1.29 is 26.7 Å². The average molecular weight is 250 g/mol. The first kappa shape index (κ1) is 11.2. The van der Waals surface area contributed by atoms with Gasteiger partial charge in [-0.15, -0.1) is 0 Å². The second-order valence-corrected chi connectivity index (χ2v) is 4.40. The number of methoxy groups -OCH3 is 1. The molecule has 2 atom stereocenters. The lowest BCUT2D eigenvalue weighted by Gasteiger charge is -2.28. The van der Waals surface area contributed by atoms with Crippen LogP contribution in [0.5, 0.6) is 0 Å². The van der Waals surface area contributed by atoms with Crippen LogP contribution in [-0.4, -0.2) is 49.8 Å². The fourth-order valence-electron chi connectivity index (χ4n) is 1.75. The third kappa shape index (κ3) is 1.96. The number of nitrogens with zero attached hydrogens (tertiary/aromatic N) is 1. The van der Waals surface area contributed by atoms with E-state index in [1.807, 2.05) is 0 Å². The van der Waals surface area contributed by atoms with Crippen LogP contribution < -0.4 is 5.32 Å². The average Bonchev–Trinajstić information content (AvgIpc) is 2.41. The molecule has 0 aliphatic carbocycles. The first-order valence-electron chi connectivity index (χ1n) is 4.39. The van der Waals surface area contributed by atoms with E-state index in [0.29, 0.717) is 6.54 Å². The second kappa shape index (κ2) is 3.61. The van der Waals surface area contributed by atoms with E-state index in [1.54, 1.807) is 0 Å². The van der Waals surface area contributed by atoms with Gasteiger partial charge in [0.25, 0.3) is 0 Å². The molecule has 1 fully saturated rings. The predicted molar refractivity (Wildman–Crippen MR) is 50.5 cm³/mol. The summed E-state index contributed by atoms with van der Waals surface area (Å²) in [5, 5.41) is 2.57. The van der Waals surface area contributed by atoms with Crippen LogP contribution in [0.1, 0.15) is 0 Å². The van der Waals surface area contributed by atoms with Crippen LogP contribution in [0.2, 0.25) is 0 Å². The maximum atomic E-state index is 11.4. The zero-order chi connectivity index (χ0) is 11.9. The zero-order valence-electron chi connectivity index (χ0n) is 8.28. The van der Waals surface area contributed by atoms with Gasteiger partial charge in [-0.1, -0.05) is 0 Å². The number of fused-ring (bicyclic) bond motifs is 2. The zero-order valence-corrected chi connectivity index (χ0v) is 9.10. The molecule has 2 rings (SSSR count). The molecule has 2 amide bonds. The molecule has 2 bridgehead atoms. The molecule has 0 aromatic heterocycles. The van der Waals surface area contributed by atoms with Crippen LogP contribution in [0.3, 0.4) is 0 Å². The number of carbonyl (C=O) groups excluding carboxylic acids is 1. The van der Waals surface area contributed by atoms with Crippen molar-refractivity contribution in [2.45, 2.75) is 12.3 Å². The summed E-state index contributed by atoms with van der Waals surface area (Å²) in [5.74, 6) is -0.125. The van der Waals surface area contributed by atoms with Gasteiger partial charge in [0, 0.05) is 13.7 Å². The van der Waals surface area contributed by atoms with Crippen molar-refractivity contribution in [2.75, 3.05) is 13.7 Å². The highest BCUT2D eigenvalue weighted by Crippen LogP contribution is 2.25. The van der Waals surface area contributed by atoms with Crippen LogP contribution in [-0.2, 0) is 19.3 Å². The quantitative estimate of drug-likeness (QED) is 0.627. The number of hydrogen-bond acceptors (Lipinski definition) is 5. The molecule has 1 saturated heterocycles. The van der Waals surface area contributed by atoms with Crippen molar-refractivity contribution in [3.63, 3.8) is 0 Å². The Labute approximate surface area is 91.8 Å². The van der Waals surface area contributed by atoms with Crippen molar-refractivity contribution in [1.82, 2.24) is 10.2 Å². The van der Waals surface area contributed by atoms with Crippen LogP contribution >= 0.6 is 0 Å². The van der Waals surface area contributed by atoms with E-state index in [-0.39, 0.29) is 17.8 Å². The standard InChI is InChI=1S/C7H10N2O6S/c1-14-6-5(15-16(11,12)13)2-4-3-9(6)7(10)8-4/h2,4,6H,3H2,1H3,(H,8,10)(H,11,12,13). The molecule has 2 aliphatic heterocycles. The molecule has 8 nitrogen and oxygen atoms in total. The Hall–Kier alpha value is -1.32. The Bertz CT molecular complexity index is 444. The third-order valence-corrected chi connectivity index (χ3v) is 2.68. The number of rotatable bonds is 3.